The second kappa shape index (κ2) is 5.16. The van der Waals surface area contributed by atoms with Crippen LogP contribution in [0.15, 0.2) is 12.1 Å². The topological polar surface area (TPSA) is 78.8 Å². The molecule has 2 rings (SSSR count). The molecule has 0 atom stereocenters. The number of hydrogen-bond acceptors (Lipinski definition) is 5. The van der Waals surface area contributed by atoms with Gasteiger partial charge in [-0.25, -0.2) is 9.07 Å². The van der Waals surface area contributed by atoms with Crippen LogP contribution in [0.2, 0.25) is 0 Å². The summed E-state index contributed by atoms with van der Waals surface area (Å²) >= 11 is 0. The van der Waals surface area contributed by atoms with E-state index in [0.29, 0.717) is 29.2 Å². The van der Waals surface area contributed by atoms with Gasteiger partial charge in [-0.05, 0) is 43.3 Å². The van der Waals surface area contributed by atoms with Gasteiger partial charge in [0.2, 0.25) is 0 Å². The molecule has 108 valence electrons. The average Bonchev–Trinajstić information content (AvgIpc) is 2.85. The molecule has 0 radical (unpaired) electrons. The summed E-state index contributed by atoms with van der Waals surface area (Å²) in [7, 11) is 1.61. The van der Waals surface area contributed by atoms with Crippen LogP contribution in [-0.4, -0.2) is 33.9 Å². The Balaban J connectivity index is 2.53. The number of methoxy groups -OCH3 is 1. The third kappa shape index (κ3) is 2.49. The van der Waals surface area contributed by atoms with Crippen LogP contribution in [0.3, 0.4) is 0 Å². The maximum absolute atomic E-state index is 13.8. The van der Waals surface area contributed by atoms with Gasteiger partial charge in [0.05, 0.1) is 12.1 Å². The van der Waals surface area contributed by atoms with E-state index in [9.17, 15) is 4.39 Å². The standard InChI is InChI=1S/C13H18FN5O/c1-8-10(14)5-9(6-11(8)15)12-16-17-18-19(12)13(2,3)7-20-4/h5-6H,7,15H2,1-4H3. The molecule has 2 aromatic rings. The number of rotatable bonds is 4. The van der Waals surface area contributed by atoms with Crippen molar-refractivity contribution in [1.29, 1.82) is 0 Å². The molecule has 0 aliphatic heterocycles. The van der Waals surface area contributed by atoms with Crippen LogP contribution in [-0.2, 0) is 10.3 Å². The van der Waals surface area contributed by atoms with Gasteiger partial charge < -0.3 is 10.5 Å². The van der Waals surface area contributed by atoms with Gasteiger partial charge in [0, 0.05) is 23.9 Å². The molecule has 20 heavy (non-hydrogen) atoms. The maximum atomic E-state index is 13.8. The van der Waals surface area contributed by atoms with E-state index in [1.54, 1.807) is 24.8 Å². The zero-order valence-electron chi connectivity index (χ0n) is 12.0. The largest absolute Gasteiger partial charge is 0.398 e. The molecule has 0 saturated carbocycles. The predicted molar refractivity (Wildman–Crippen MR) is 73.6 cm³/mol. The summed E-state index contributed by atoms with van der Waals surface area (Å²) in [6, 6.07) is 3.06. The van der Waals surface area contributed by atoms with Gasteiger partial charge in [0.15, 0.2) is 5.82 Å². The highest BCUT2D eigenvalue weighted by molar-refractivity contribution is 5.64. The molecule has 0 bridgehead atoms. The molecule has 0 aliphatic rings. The van der Waals surface area contributed by atoms with E-state index in [1.807, 2.05) is 13.8 Å². The smallest absolute Gasteiger partial charge is 0.182 e. The molecule has 7 heteroatoms. The first-order valence-electron chi connectivity index (χ1n) is 6.20. The Kier molecular flexibility index (Phi) is 3.71. The van der Waals surface area contributed by atoms with Gasteiger partial charge in [0.25, 0.3) is 0 Å². The molecule has 0 spiro atoms. The molecule has 1 aromatic heterocycles. The van der Waals surface area contributed by atoms with Crippen molar-refractivity contribution in [3.63, 3.8) is 0 Å². The SMILES string of the molecule is COCC(C)(C)n1nnnc1-c1cc(N)c(C)c(F)c1. The Morgan fingerprint density at radius 3 is 2.70 bits per heavy atom. The van der Waals surface area contributed by atoms with E-state index in [4.69, 9.17) is 10.5 Å². The van der Waals surface area contributed by atoms with E-state index < -0.39 is 5.54 Å². The number of benzene rings is 1. The fourth-order valence-corrected chi connectivity index (χ4v) is 2.02. The minimum Gasteiger partial charge on any atom is -0.398 e. The highest BCUT2D eigenvalue weighted by Gasteiger charge is 2.26. The molecule has 0 amide bonds. The maximum Gasteiger partial charge on any atom is 0.182 e. The lowest BCUT2D eigenvalue weighted by molar-refractivity contribution is 0.101. The number of nitrogens with two attached hydrogens (primary N) is 1. The molecule has 1 aromatic carbocycles. The molecule has 1 heterocycles. The third-order valence-electron chi connectivity index (χ3n) is 3.18. The lowest BCUT2D eigenvalue weighted by Gasteiger charge is -2.24. The fourth-order valence-electron chi connectivity index (χ4n) is 2.02. The van der Waals surface area contributed by atoms with Gasteiger partial charge in [-0.3, -0.25) is 0 Å². The van der Waals surface area contributed by atoms with Crippen molar-refractivity contribution in [1.82, 2.24) is 20.2 Å². The molecule has 0 aliphatic carbocycles. The number of hydrogen-bond donors (Lipinski definition) is 1. The zero-order valence-corrected chi connectivity index (χ0v) is 12.0. The van der Waals surface area contributed by atoms with Crippen LogP contribution in [0.25, 0.3) is 11.4 Å². The van der Waals surface area contributed by atoms with Gasteiger partial charge in [-0.15, -0.1) is 5.10 Å². The minimum atomic E-state index is -0.455. The Bertz CT molecular complexity index is 600. The average molecular weight is 279 g/mol. The van der Waals surface area contributed by atoms with Crippen molar-refractivity contribution in [3.8, 4) is 11.4 Å². The van der Waals surface area contributed by atoms with Crippen LogP contribution in [0, 0.1) is 12.7 Å². The Hall–Kier alpha value is -2.02. The quantitative estimate of drug-likeness (QED) is 0.863. The molecule has 6 nitrogen and oxygen atoms in total. The van der Waals surface area contributed by atoms with Crippen LogP contribution in [0.4, 0.5) is 10.1 Å². The summed E-state index contributed by atoms with van der Waals surface area (Å²) < 4.78 is 20.6. The summed E-state index contributed by atoms with van der Waals surface area (Å²) in [6.45, 7) is 5.93. The number of nitrogen functional groups attached to an aromatic ring is 1. The van der Waals surface area contributed by atoms with Gasteiger partial charge in [0.1, 0.15) is 5.82 Å². The predicted octanol–water partition coefficient (Wildman–Crippen LogP) is 1.75. The van der Waals surface area contributed by atoms with Crippen LogP contribution >= 0.6 is 0 Å². The zero-order chi connectivity index (χ0) is 14.9. The number of halogens is 1. The fraction of sp³-hybridized carbons (Fsp3) is 0.462. The summed E-state index contributed by atoms with van der Waals surface area (Å²) in [6.07, 6.45) is 0. The minimum absolute atomic E-state index is 0.374. The van der Waals surface area contributed by atoms with Gasteiger partial charge in [-0.1, -0.05) is 0 Å². The second-order valence-electron chi connectivity index (χ2n) is 5.33. The van der Waals surface area contributed by atoms with Crippen LogP contribution in [0.1, 0.15) is 19.4 Å². The first-order valence-corrected chi connectivity index (χ1v) is 6.20. The second-order valence-corrected chi connectivity index (χ2v) is 5.33. The van der Waals surface area contributed by atoms with Gasteiger partial charge in [-0.2, -0.15) is 0 Å². The lowest BCUT2D eigenvalue weighted by atomic mass is 10.1. The Morgan fingerprint density at radius 1 is 1.40 bits per heavy atom. The molecule has 2 N–H and O–H groups in total. The highest BCUT2D eigenvalue weighted by atomic mass is 19.1. The van der Waals surface area contributed by atoms with E-state index in [2.05, 4.69) is 15.5 Å². The van der Waals surface area contributed by atoms with E-state index >= 15 is 0 Å². The van der Waals surface area contributed by atoms with Crippen LogP contribution in [0.5, 0.6) is 0 Å². The van der Waals surface area contributed by atoms with Gasteiger partial charge >= 0.3 is 0 Å². The number of anilines is 1. The van der Waals surface area contributed by atoms with Crippen molar-refractivity contribution in [2.24, 2.45) is 0 Å². The number of tetrazole rings is 1. The van der Waals surface area contributed by atoms with Crippen molar-refractivity contribution >= 4 is 5.69 Å². The molecule has 0 saturated heterocycles. The lowest BCUT2D eigenvalue weighted by Crippen LogP contribution is -2.33. The van der Waals surface area contributed by atoms with Crippen molar-refractivity contribution in [2.75, 3.05) is 19.5 Å². The first kappa shape index (κ1) is 14.4. The normalized spacial score (nSPS) is 11.8. The summed E-state index contributed by atoms with van der Waals surface area (Å²) in [5.74, 6) is 0.0803. The monoisotopic (exact) mass is 279 g/mol. The summed E-state index contributed by atoms with van der Waals surface area (Å²) in [5.41, 5.74) is 6.68. The van der Waals surface area contributed by atoms with E-state index in [1.165, 1.54) is 6.07 Å². The highest BCUT2D eigenvalue weighted by Crippen LogP contribution is 2.27. The van der Waals surface area contributed by atoms with Crippen molar-refractivity contribution in [3.05, 3.63) is 23.5 Å². The van der Waals surface area contributed by atoms with Crippen LogP contribution < -0.4 is 5.73 Å². The molecule has 0 fully saturated rings. The number of ether oxygens (including phenoxy) is 1. The summed E-state index contributed by atoms with van der Waals surface area (Å²) in [4.78, 5) is 0. The summed E-state index contributed by atoms with van der Waals surface area (Å²) in [5, 5.41) is 11.6. The molecular weight excluding hydrogens is 261 g/mol. The van der Waals surface area contributed by atoms with Crippen molar-refractivity contribution in [2.45, 2.75) is 26.3 Å². The molecule has 0 unspecified atom stereocenters. The Morgan fingerprint density at radius 2 is 2.10 bits per heavy atom. The number of aromatic nitrogens is 4. The first-order chi connectivity index (χ1) is 9.36. The Labute approximate surface area is 116 Å². The number of nitrogens with zero attached hydrogens (tertiary/aromatic N) is 4. The third-order valence-corrected chi connectivity index (χ3v) is 3.18. The molecular formula is C13H18FN5O. The van der Waals surface area contributed by atoms with Crippen molar-refractivity contribution < 1.29 is 9.13 Å². The van der Waals surface area contributed by atoms with E-state index in [-0.39, 0.29) is 5.82 Å². The van der Waals surface area contributed by atoms with E-state index in [0.717, 1.165) is 0 Å².